The van der Waals surface area contributed by atoms with Gasteiger partial charge in [0, 0.05) is 27.2 Å². The molecule has 1 aromatic rings. The lowest BCUT2D eigenvalue weighted by Gasteiger charge is -2.42. The number of ether oxygens (including phenoxy) is 1. The highest BCUT2D eigenvalue weighted by atomic mass is 16.5. The molecule has 0 aliphatic carbocycles. The first-order valence-corrected chi connectivity index (χ1v) is 7.46. The van der Waals surface area contributed by atoms with Crippen molar-refractivity contribution in [2.45, 2.75) is 32.7 Å². The molecule has 0 atom stereocenters. The normalized spacial score (nSPS) is 17.7. The predicted molar refractivity (Wildman–Crippen MR) is 85.2 cm³/mol. The van der Waals surface area contributed by atoms with E-state index in [0.29, 0.717) is 31.1 Å². The van der Waals surface area contributed by atoms with E-state index < -0.39 is 0 Å². The summed E-state index contributed by atoms with van der Waals surface area (Å²) in [6, 6.07) is 0. The molecule has 0 radical (unpaired) electrons. The van der Waals surface area contributed by atoms with E-state index in [0.717, 1.165) is 19.5 Å². The fourth-order valence-electron chi connectivity index (χ4n) is 2.22. The molecule has 118 valence electrons. The second-order valence-corrected chi connectivity index (χ2v) is 6.10. The fourth-order valence-corrected chi connectivity index (χ4v) is 2.22. The zero-order chi connectivity index (χ0) is 15.5. The Hall–Kier alpha value is -1.63. The summed E-state index contributed by atoms with van der Waals surface area (Å²) in [7, 11) is 3.88. The van der Waals surface area contributed by atoms with Gasteiger partial charge in [0.15, 0.2) is 0 Å². The number of anilines is 3. The molecule has 0 unspecified atom stereocenters. The number of aromatic nitrogens is 3. The van der Waals surface area contributed by atoms with Crippen molar-refractivity contribution in [2.75, 3.05) is 55.5 Å². The van der Waals surface area contributed by atoms with E-state index >= 15 is 0 Å². The van der Waals surface area contributed by atoms with Crippen molar-refractivity contribution < 1.29 is 4.74 Å². The lowest BCUT2D eigenvalue weighted by molar-refractivity contribution is 0.0634. The molecule has 7 heteroatoms. The number of nitrogens with zero attached hydrogens (tertiary/aromatic N) is 5. The molecule has 2 heterocycles. The van der Waals surface area contributed by atoms with Crippen LogP contribution in [0.4, 0.5) is 17.8 Å². The lowest BCUT2D eigenvalue weighted by Crippen LogP contribution is -2.54. The minimum atomic E-state index is -0.120. The first-order chi connectivity index (χ1) is 9.94. The highest BCUT2D eigenvalue weighted by Crippen LogP contribution is 2.25. The van der Waals surface area contributed by atoms with Crippen LogP contribution in [0.3, 0.4) is 0 Å². The number of hydrogen-bond donors (Lipinski definition) is 1. The Kier molecular flexibility index (Phi) is 4.82. The van der Waals surface area contributed by atoms with Gasteiger partial charge in [-0.15, -0.1) is 0 Å². The van der Waals surface area contributed by atoms with Gasteiger partial charge in [0.25, 0.3) is 0 Å². The highest BCUT2D eigenvalue weighted by molar-refractivity contribution is 5.46. The topological polar surface area (TPSA) is 66.4 Å². The molecule has 0 aromatic carbocycles. The van der Waals surface area contributed by atoms with Crippen molar-refractivity contribution in [3.63, 3.8) is 0 Å². The third-order valence-corrected chi connectivity index (χ3v) is 3.43. The third kappa shape index (κ3) is 3.72. The molecule has 1 aromatic heterocycles. The molecule has 7 nitrogen and oxygen atoms in total. The lowest BCUT2D eigenvalue weighted by atomic mass is 10.0. The van der Waals surface area contributed by atoms with Gasteiger partial charge in [-0.3, -0.25) is 0 Å². The van der Waals surface area contributed by atoms with Crippen molar-refractivity contribution in [1.29, 1.82) is 0 Å². The summed E-state index contributed by atoms with van der Waals surface area (Å²) >= 11 is 0. The molecule has 0 bridgehead atoms. The molecule has 1 N–H and O–H groups in total. The molecule has 0 amide bonds. The Balaban J connectivity index is 2.34. The Bertz CT molecular complexity index is 477. The van der Waals surface area contributed by atoms with Gasteiger partial charge >= 0.3 is 0 Å². The average Bonchev–Trinajstić information content (AvgIpc) is 2.44. The number of morpholine rings is 1. The summed E-state index contributed by atoms with van der Waals surface area (Å²) in [6.07, 6.45) is 1.03. The Labute approximate surface area is 126 Å². The number of hydrogen-bond acceptors (Lipinski definition) is 7. The molecule has 21 heavy (non-hydrogen) atoms. The highest BCUT2D eigenvalue weighted by Gasteiger charge is 2.33. The van der Waals surface area contributed by atoms with Gasteiger partial charge in [0.2, 0.25) is 17.8 Å². The van der Waals surface area contributed by atoms with Gasteiger partial charge in [-0.1, -0.05) is 6.92 Å². The molecular weight excluding hydrogens is 268 g/mol. The molecule has 0 saturated carbocycles. The first kappa shape index (κ1) is 15.8. The second-order valence-electron chi connectivity index (χ2n) is 6.10. The SMILES string of the molecule is CCCNc1nc(N(C)C)nc(N2CCOCC2(C)C)n1. The van der Waals surface area contributed by atoms with E-state index in [2.05, 4.69) is 45.9 Å². The summed E-state index contributed by atoms with van der Waals surface area (Å²) in [4.78, 5) is 17.7. The van der Waals surface area contributed by atoms with Crippen LogP contribution in [-0.4, -0.2) is 60.9 Å². The number of nitrogens with one attached hydrogen (secondary N) is 1. The molecule has 1 aliphatic heterocycles. The van der Waals surface area contributed by atoms with Crippen LogP contribution in [0.5, 0.6) is 0 Å². The van der Waals surface area contributed by atoms with Crippen LogP contribution in [0.1, 0.15) is 27.2 Å². The van der Waals surface area contributed by atoms with Crippen molar-refractivity contribution >= 4 is 17.8 Å². The standard InChI is InChI=1S/C14H26N6O/c1-6-7-15-11-16-12(19(4)5)18-13(17-11)20-8-9-21-10-14(20,2)3/h6-10H2,1-5H3,(H,15,16,17,18). The smallest absolute Gasteiger partial charge is 0.232 e. The largest absolute Gasteiger partial charge is 0.377 e. The van der Waals surface area contributed by atoms with Gasteiger partial charge in [0.1, 0.15) is 0 Å². The fraction of sp³-hybridized carbons (Fsp3) is 0.786. The molecule has 2 rings (SSSR count). The maximum Gasteiger partial charge on any atom is 0.232 e. The minimum absolute atomic E-state index is 0.120. The maximum atomic E-state index is 5.57. The summed E-state index contributed by atoms with van der Waals surface area (Å²) in [5.74, 6) is 2.01. The van der Waals surface area contributed by atoms with Crippen molar-refractivity contribution in [2.24, 2.45) is 0 Å². The summed E-state index contributed by atoms with van der Waals surface area (Å²) in [5.41, 5.74) is -0.120. The van der Waals surface area contributed by atoms with E-state index in [1.807, 2.05) is 19.0 Å². The summed E-state index contributed by atoms with van der Waals surface area (Å²) in [5, 5.41) is 3.25. The summed E-state index contributed by atoms with van der Waals surface area (Å²) < 4.78 is 5.57. The van der Waals surface area contributed by atoms with Crippen LogP contribution < -0.4 is 15.1 Å². The Morgan fingerprint density at radius 1 is 1.29 bits per heavy atom. The molecule has 1 fully saturated rings. The van der Waals surface area contributed by atoms with E-state index in [9.17, 15) is 0 Å². The monoisotopic (exact) mass is 294 g/mol. The predicted octanol–water partition coefficient (Wildman–Crippen LogP) is 1.37. The number of rotatable bonds is 5. The molecule has 1 saturated heterocycles. The Morgan fingerprint density at radius 3 is 2.67 bits per heavy atom. The van der Waals surface area contributed by atoms with Gasteiger partial charge < -0.3 is 19.9 Å². The van der Waals surface area contributed by atoms with Crippen LogP contribution >= 0.6 is 0 Å². The van der Waals surface area contributed by atoms with Crippen molar-refractivity contribution in [1.82, 2.24) is 15.0 Å². The van der Waals surface area contributed by atoms with Gasteiger partial charge in [-0.25, -0.2) is 0 Å². The van der Waals surface area contributed by atoms with Crippen LogP contribution in [0.15, 0.2) is 0 Å². The van der Waals surface area contributed by atoms with E-state index in [1.165, 1.54) is 0 Å². The van der Waals surface area contributed by atoms with Crippen molar-refractivity contribution in [3.05, 3.63) is 0 Å². The van der Waals surface area contributed by atoms with Crippen LogP contribution in [-0.2, 0) is 4.74 Å². The van der Waals surface area contributed by atoms with Gasteiger partial charge in [0.05, 0.1) is 18.8 Å². The third-order valence-electron chi connectivity index (χ3n) is 3.43. The zero-order valence-corrected chi connectivity index (χ0v) is 13.7. The zero-order valence-electron chi connectivity index (χ0n) is 13.7. The second kappa shape index (κ2) is 6.43. The van der Waals surface area contributed by atoms with Crippen LogP contribution in [0.2, 0.25) is 0 Å². The average molecular weight is 294 g/mol. The van der Waals surface area contributed by atoms with Crippen molar-refractivity contribution in [3.8, 4) is 0 Å². The molecule has 0 spiro atoms. The minimum Gasteiger partial charge on any atom is -0.377 e. The maximum absolute atomic E-state index is 5.57. The van der Waals surface area contributed by atoms with Gasteiger partial charge in [-0.05, 0) is 20.3 Å². The Morgan fingerprint density at radius 2 is 2.05 bits per heavy atom. The summed E-state index contributed by atoms with van der Waals surface area (Å²) in [6.45, 7) is 9.42. The van der Waals surface area contributed by atoms with E-state index in [4.69, 9.17) is 4.74 Å². The van der Waals surface area contributed by atoms with E-state index in [-0.39, 0.29) is 5.54 Å². The molecular formula is C14H26N6O. The van der Waals surface area contributed by atoms with E-state index in [1.54, 1.807) is 0 Å². The first-order valence-electron chi connectivity index (χ1n) is 7.46. The quantitative estimate of drug-likeness (QED) is 0.880. The van der Waals surface area contributed by atoms with Crippen LogP contribution in [0, 0.1) is 0 Å². The van der Waals surface area contributed by atoms with Gasteiger partial charge in [-0.2, -0.15) is 15.0 Å². The molecule has 1 aliphatic rings. The van der Waals surface area contributed by atoms with Crippen LogP contribution in [0.25, 0.3) is 0 Å².